The molecule has 0 N–H and O–H groups in total. The summed E-state index contributed by atoms with van der Waals surface area (Å²) in [6, 6.07) is 5.78. The lowest BCUT2D eigenvalue weighted by molar-refractivity contribution is 0.181. The van der Waals surface area contributed by atoms with Crippen LogP contribution in [0.2, 0.25) is 0 Å². The van der Waals surface area contributed by atoms with Gasteiger partial charge in [0, 0.05) is 12.7 Å². The summed E-state index contributed by atoms with van der Waals surface area (Å²) in [5.74, 6) is 3.14. The summed E-state index contributed by atoms with van der Waals surface area (Å²) in [7, 11) is 1.61. The second-order valence-corrected chi connectivity index (χ2v) is 8.89. The van der Waals surface area contributed by atoms with Crippen molar-refractivity contribution in [1.82, 2.24) is 0 Å². The van der Waals surface area contributed by atoms with Crippen LogP contribution in [0, 0.1) is 23.6 Å². The molecule has 0 radical (unpaired) electrons. The third-order valence-electron chi connectivity index (χ3n) is 7.03. The van der Waals surface area contributed by atoms with Crippen molar-refractivity contribution in [2.24, 2.45) is 17.8 Å². The van der Waals surface area contributed by atoms with E-state index in [0.717, 1.165) is 17.8 Å². The molecule has 0 heterocycles. The maximum atomic E-state index is 14.2. The summed E-state index contributed by atoms with van der Waals surface area (Å²) < 4.78 is 19.2. The first-order valence-corrected chi connectivity index (χ1v) is 11.1. The van der Waals surface area contributed by atoms with E-state index in [0.29, 0.717) is 18.1 Å². The molecule has 3 rings (SSSR count). The van der Waals surface area contributed by atoms with Gasteiger partial charge in [-0.05, 0) is 93.6 Å². The first-order chi connectivity index (χ1) is 13.2. The molecule has 0 saturated heterocycles. The maximum Gasteiger partial charge on any atom is 0.129 e. The fourth-order valence-electron chi connectivity index (χ4n) is 5.29. The van der Waals surface area contributed by atoms with E-state index in [-0.39, 0.29) is 5.82 Å². The van der Waals surface area contributed by atoms with Gasteiger partial charge in [-0.1, -0.05) is 37.1 Å². The molecular weight excluding hydrogens is 335 g/mol. The molecule has 2 aliphatic rings. The zero-order chi connectivity index (χ0) is 19.1. The van der Waals surface area contributed by atoms with Crippen molar-refractivity contribution in [2.75, 3.05) is 7.11 Å². The number of ether oxygens (including phenoxy) is 1. The fourth-order valence-corrected chi connectivity index (χ4v) is 5.29. The van der Waals surface area contributed by atoms with E-state index in [4.69, 9.17) is 4.74 Å². The summed E-state index contributed by atoms with van der Waals surface area (Å²) in [5.41, 5.74) is 1.85. The lowest BCUT2D eigenvalue weighted by Gasteiger charge is -2.31. The van der Waals surface area contributed by atoms with E-state index in [2.05, 4.69) is 25.1 Å². The molecule has 2 fully saturated rings. The van der Waals surface area contributed by atoms with Gasteiger partial charge in [0.05, 0.1) is 6.61 Å². The van der Waals surface area contributed by atoms with Crippen LogP contribution >= 0.6 is 0 Å². The Labute approximate surface area is 165 Å². The molecule has 0 amide bonds. The smallest absolute Gasteiger partial charge is 0.129 e. The monoisotopic (exact) mass is 372 g/mol. The second-order valence-electron chi connectivity index (χ2n) is 8.89. The van der Waals surface area contributed by atoms with Gasteiger partial charge < -0.3 is 4.74 Å². The lowest BCUT2D eigenvalue weighted by atomic mass is 9.74. The highest BCUT2D eigenvalue weighted by Crippen LogP contribution is 2.40. The van der Waals surface area contributed by atoms with Gasteiger partial charge in [0.25, 0.3) is 0 Å². The van der Waals surface area contributed by atoms with E-state index in [1.165, 1.54) is 69.8 Å². The highest BCUT2D eigenvalue weighted by atomic mass is 19.1. The molecule has 0 unspecified atom stereocenters. The second kappa shape index (κ2) is 10.4. The molecule has 150 valence electrons. The van der Waals surface area contributed by atoms with Crippen LogP contribution in [0.1, 0.15) is 88.2 Å². The highest BCUT2D eigenvalue weighted by Gasteiger charge is 2.25. The predicted octanol–water partition coefficient (Wildman–Crippen LogP) is 7.41. The quantitative estimate of drug-likeness (QED) is 0.453. The summed E-state index contributed by atoms with van der Waals surface area (Å²) >= 11 is 0. The topological polar surface area (TPSA) is 9.23 Å². The van der Waals surface area contributed by atoms with Crippen LogP contribution in [0.25, 0.3) is 0 Å². The van der Waals surface area contributed by atoms with Crippen LogP contribution in [0.15, 0.2) is 30.4 Å². The minimum absolute atomic E-state index is 0.106. The summed E-state index contributed by atoms with van der Waals surface area (Å²) in [6.07, 6.45) is 18.2. The van der Waals surface area contributed by atoms with Crippen LogP contribution < -0.4 is 0 Å². The Morgan fingerprint density at radius 1 is 0.963 bits per heavy atom. The van der Waals surface area contributed by atoms with Crippen molar-refractivity contribution < 1.29 is 9.13 Å². The third kappa shape index (κ3) is 5.91. The van der Waals surface area contributed by atoms with Gasteiger partial charge in [-0.15, -0.1) is 0 Å². The third-order valence-corrected chi connectivity index (χ3v) is 7.03. The molecule has 1 nitrogen and oxygen atoms in total. The van der Waals surface area contributed by atoms with Gasteiger partial charge in [0.2, 0.25) is 0 Å². The highest BCUT2D eigenvalue weighted by molar-refractivity contribution is 5.27. The van der Waals surface area contributed by atoms with Gasteiger partial charge in [-0.3, -0.25) is 0 Å². The van der Waals surface area contributed by atoms with Crippen LogP contribution in [0.5, 0.6) is 0 Å². The Kier molecular flexibility index (Phi) is 7.93. The van der Waals surface area contributed by atoms with Crippen LogP contribution in [-0.2, 0) is 11.3 Å². The number of hydrogen-bond acceptors (Lipinski definition) is 1. The van der Waals surface area contributed by atoms with Crippen molar-refractivity contribution in [3.63, 3.8) is 0 Å². The van der Waals surface area contributed by atoms with Crippen LogP contribution in [0.4, 0.5) is 4.39 Å². The first-order valence-electron chi connectivity index (χ1n) is 11.1. The van der Waals surface area contributed by atoms with E-state index < -0.39 is 0 Å². The number of methoxy groups -OCH3 is 1. The average Bonchev–Trinajstić information content (AvgIpc) is 2.70. The lowest BCUT2D eigenvalue weighted by Crippen LogP contribution is -2.17. The predicted molar refractivity (Wildman–Crippen MR) is 111 cm³/mol. The average molecular weight is 373 g/mol. The molecule has 2 aliphatic carbocycles. The number of rotatable bonds is 7. The standard InChI is InChI=1S/C25H37FO/c1-3-4-19-5-7-20(8-6-19)9-10-21-11-13-22(14-12-21)23-15-16-24(18-27-2)25(26)17-23/h3-4,15-17,19-22H,5-14,18H2,1-2H3/b4-3+. The van der Waals surface area contributed by atoms with Crippen molar-refractivity contribution in [3.05, 3.63) is 47.3 Å². The molecule has 1 aromatic carbocycles. The van der Waals surface area contributed by atoms with Gasteiger partial charge in [-0.2, -0.15) is 0 Å². The van der Waals surface area contributed by atoms with E-state index in [1.54, 1.807) is 13.2 Å². The molecule has 0 atom stereocenters. The van der Waals surface area contributed by atoms with E-state index in [1.807, 2.05) is 6.07 Å². The Bertz CT molecular complexity index is 592. The zero-order valence-electron chi connectivity index (χ0n) is 17.3. The number of allylic oxidation sites excluding steroid dienone is 2. The molecule has 0 bridgehead atoms. The Balaban J connectivity index is 1.40. The van der Waals surface area contributed by atoms with Crippen molar-refractivity contribution in [2.45, 2.75) is 83.7 Å². The normalized spacial score (nSPS) is 29.3. The number of benzene rings is 1. The molecule has 0 spiro atoms. The largest absolute Gasteiger partial charge is 0.380 e. The number of hydrogen-bond donors (Lipinski definition) is 0. The van der Waals surface area contributed by atoms with Gasteiger partial charge in [0.15, 0.2) is 0 Å². The Morgan fingerprint density at radius 2 is 1.59 bits per heavy atom. The zero-order valence-corrected chi connectivity index (χ0v) is 17.3. The Hall–Kier alpha value is -1.15. The molecule has 0 aromatic heterocycles. The van der Waals surface area contributed by atoms with Gasteiger partial charge in [-0.25, -0.2) is 4.39 Å². The summed E-state index contributed by atoms with van der Waals surface area (Å²) in [5, 5.41) is 0. The van der Waals surface area contributed by atoms with Crippen molar-refractivity contribution >= 4 is 0 Å². The molecule has 2 saturated carbocycles. The fraction of sp³-hybridized carbons (Fsp3) is 0.680. The Morgan fingerprint density at radius 3 is 2.15 bits per heavy atom. The van der Waals surface area contributed by atoms with Gasteiger partial charge >= 0.3 is 0 Å². The van der Waals surface area contributed by atoms with Crippen molar-refractivity contribution in [1.29, 1.82) is 0 Å². The van der Waals surface area contributed by atoms with Crippen LogP contribution in [0.3, 0.4) is 0 Å². The minimum atomic E-state index is -0.106. The summed E-state index contributed by atoms with van der Waals surface area (Å²) in [6.45, 7) is 2.50. The van der Waals surface area contributed by atoms with Crippen molar-refractivity contribution in [3.8, 4) is 0 Å². The van der Waals surface area contributed by atoms with Gasteiger partial charge in [0.1, 0.15) is 5.82 Å². The van der Waals surface area contributed by atoms with Crippen LogP contribution in [-0.4, -0.2) is 7.11 Å². The molecular formula is C25H37FO. The molecule has 0 aliphatic heterocycles. The number of halogens is 1. The maximum absolute atomic E-state index is 14.2. The first kappa shape index (κ1) is 20.6. The molecule has 2 heteroatoms. The minimum Gasteiger partial charge on any atom is -0.380 e. The SMILES string of the molecule is C/C=C/C1CCC(CCC2CCC(c3ccc(COC)c(F)c3)CC2)CC1. The summed E-state index contributed by atoms with van der Waals surface area (Å²) in [4.78, 5) is 0. The molecule has 27 heavy (non-hydrogen) atoms. The molecule has 1 aromatic rings. The van der Waals surface area contributed by atoms with E-state index in [9.17, 15) is 4.39 Å². The van der Waals surface area contributed by atoms with E-state index >= 15 is 0 Å².